The van der Waals surface area contributed by atoms with E-state index in [0.29, 0.717) is 30.3 Å². The summed E-state index contributed by atoms with van der Waals surface area (Å²) in [6, 6.07) is 6.25. The number of aromatic nitrogens is 4. The lowest BCUT2D eigenvalue weighted by atomic mass is 10.2. The Balaban J connectivity index is 1.85. The number of anilines is 3. The predicted octanol–water partition coefficient (Wildman–Crippen LogP) is 5.32. The molecule has 35 heavy (non-hydrogen) atoms. The van der Waals surface area contributed by atoms with Gasteiger partial charge in [-0.05, 0) is 19.4 Å². The zero-order valence-corrected chi connectivity index (χ0v) is 19.7. The predicted molar refractivity (Wildman–Crippen MR) is 125 cm³/mol. The fourth-order valence-electron chi connectivity index (χ4n) is 3.11. The van der Waals surface area contributed by atoms with E-state index >= 15 is 0 Å². The lowest BCUT2D eigenvalue weighted by molar-refractivity contribution is -0.116. The van der Waals surface area contributed by atoms with E-state index in [1.807, 2.05) is 6.92 Å². The van der Waals surface area contributed by atoms with Gasteiger partial charge < -0.3 is 15.4 Å². The molecule has 3 aromatic rings. The van der Waals surface area contributed by atoms with Gasteiger partial charge in [-0.15, -0.1) is 0 Å². The van der Waals surface area contributed by atoms with Crippen molar-refractivity contribution in [1.29, 1.82) is 0 Å². The summed E-state index contributed by atoms with van der Waals surface area (Å²) in [4.78, 5) is 27.7. The van der Waals surface area contributed by atoms with Crippen LogP contribution in [-0.2, 0) is 17.1 Å². The van der Waals surface area contributed by atoms with Crippen LogP contribution in [0.25, 0.3) is 0 Å². The Kier molecular flexibility index (Phi) is 8.56. The topological polar surface area (TPSA) is 102 Å². The lowest BCUT2D eigenvalue weighted by Gasteiger charge is -2.16. The van der Waals surface area contributed by atoms with E-state index in [1.165, 1.54) is 24.5 Å². The number of amides is 1. The molecule has 11 heteroatoms. The Bertz CT molecular complexity index is 1170. The van der Waals surface area contributed by atoms with Crippen LogP contribution in [0.15, 0.2) is 36.7 Å². The SMILES string of the molecule is CCCCC(=O)Nc1cc(Nc2cc(C)nc(C(C)(F)F)n2)c(OCCc2cccnc2F)cn1. The maximum Gasteiger partial charge on any atom is 0.303 e. The van der Waals surface area contributed by atoms with Gasteiger partial charge in [0, 0.05) is 49.4 Å². The van der Waals surface area contributed by atoms with Crippen molar-refractivity contribution in [3.63, 3.8) is 0 Å². The standard InChI is InChI=1S/C24H27F3N6O2/c1-4-5-8-21(34)32-19-13-17(31-20-12-15(2)30-23(33-20)24(3,26)27)18(14-29-19)35-11-9-16-7-6-10-28-22(16)25/h6-7,10,12-14H,4-5,8-9,11H2,1-3H3,(H2,29,30,31,32,33,34). The molecule has 0 saturated heterocycles. The molecule has 0 spiro atoms. The largest absolute Gasteiger partial charge is 0.489 e. The van der Waals surface area contributed by atoms with Crippen molar-refractivity contribution in [2.24, 2.45) is 0 Å². The molecule has 0 fully saturated rings. The Hall–Kier alpha value is -3.76. The van der Waals surface area contributed by atoms with Crippen LogP contribution in [0.2, 0.25) is 0 Å². The minimum absolute atomic E-state index is 0.0995. The van der Waals surface area contributed by atoms with Crippen molar-refractivity contribution in [2.45, 2.75) is 52.4 Å². The van der Waals surface area contributed by atoms with Gasteiger partial charge in [-0.1, -0.05) is 19.4 Å². The van der Waals surface area contributed by atoms with Crippen molar-refractivity contribution in [3.8, 4) is 5.75 Å². The molecule has 186 valence electrons. The van der Waals surface area contributed by atoms with E-state index in [9.17, 15) is 18.0 Å². The number of pyridine rings is 2. The maximum atomic E-state index is 13.8. The number of hydrogen-bond acceptors (Lipinski definition) is 7. The quantitative estimate of drug-likeness (QED) is 0.352. The highest BCUT2D eigenvalue weighted by atomic mass is 19.3. The highest BCUT2D eigenvalue weighted by molar-refractivity contribution is 5.90. The normalized spacial score (nSPS) is 11.3. The molecule has 0 aliphatic carbocycles. The molecular weight excluding hydrogens is 461 g/mol. The molecule has 0 aliphatic rings. The van der Waals surface area contributed by atoms with Crippen molar-refractivity contribution in [1.82, 2.24) is 19.9 Å². The second-order valence-corrected chi connectivity index (χ2v) is 8.00. The third kappa shape index (κ3) is 7.62. The van der Waals surface area contributed by atoms with E-state index in [-0.39, 0.29) is 36.3 Å². The van der Waals surface area contributed by atoms with Gasteiger partial charge in [0.1, 0.15) is 11.6 Å². The van der Waals surface area contributed by atoms with Crippen molar-refractivity contribution in [2.75, 3.05) is 17.2 Å². The Morgan fingerprint density at radius 3 is 2.69 bits per heavy atom. The summed E-state index contributed by atoms with van der Waals surface area (Å²) in [5.41, 5.74) is 1.06. The number of alkyl halides is 2. The van der Waals surface area contributed by atoms with Crippen LogP contribution in [0, 0.1) is 12.9 Å². The summed E-state index contributed by atoms with van der Waals surface area (Å²) < 4.78 is 47.3. The molecule has 0 bridgehead atoms. The number of unbranched alkanes of at least 4 members (excludes halogenated alkanes) is 1. The first-order valence-corrected chi connectivity index (χ1v) is 11.2. The summed E-state index contributed by atoms with van der Waals surface area (Å²) >= 11 is 0. The molecule has 0 aromatic carbocycles. The molecule has 0 atom stereocenters. The van der Waals surface area contributed by atoms with Gasteiger partial charge in [-0.2, -0.15) is 13.2 Å². The summed E-state index contributed by atoms with van der Waals surface area (Å²) in [6.07, 6.45) is 4.94. The molecule has 0 aliphatic heterocycles. The fraction of sp³-hybridized carbons (Fsp3) is 0.375. The van der Waals surface area contributed by atoms with Gasteiger partial charge in [0.05, 0.1) is 18.5 Å². The molecule has 8 nitrogen and oxygen atoms in total. The van der Waals surface area contributed by atoms with Gasteiger partial charge in [0.2, 0.25) is 17.7 Å². The maximum absolute atomic E-state index is 13.8. The van der Waals surface area contributed by atoms with Gasteiger partial charge in [0.25, 0.3) is 0 Å². The monoisotopic (exact) mass is 488 g/mol. The number of hydrogen-bond donors (Lipinski definition) is 2. The van der Waals surface area contributed by atoms with Crippen LogP contribution in [0.1, 0.15) is 50.2 Å². The van der Waals surface area contributed by atoms with Crippen LogP contribution in [-0.4, -0.2) is 32.4 Å². The number of carbonyl (C=O) groups is 1. The van der Waals surface area contributed by atoms with Crippen LogP contribution < -0.4 is 15.4 Å². The van der Waals surface area contributed by atoms with Crippen molar-refractivity contribution in [3.05, 3.63) is 59.7 Å². The van der Waals surface area contributed by atoms with E-state index in [2.05, 4.69) is 30.6 Å². The summed E-state index contributed by atoms with van der Waals surface area (Å²) in [5.74, 6) is -4.00. The van der Waals surface area contributed by atoms with Crippen LogP contribution in [0.4, 0.5) is 30.5 Å². The Labute approximate surface area is 201 Å². The summed E-state index contributed by atoms with van der Waals surface area (Å²) in [7, 11) is 0. The molecule has 0 unspecified atom stereocenters. The molecule has 0 radical (unpaired) electrons. The first-order chi connectivity index (χ1) is 16.7. The third-order valence-electron chi connectivity index (χ3n) is 4.87. The minimum atomic E-state index is -3.23. The molecular formula is C24H27F3N6O2. The highest BCUT2D eigenvalue weighted by Gasteiger charge is 2.29. The number of aryl methyl sites for hydroxylation is 1. The number of rotatable bonds is 11. The van der Waals surface area contributed by atoms with Crippen LogP contribution in [0.5, 0.6) is 5.75 Å². The van der Waals surface area contributed by atoms with E-state index in [4.69, 9.17) is 4.74 Å². The molecule has 3 rings (SSSR count). The number of halogens is 3. The summed E-state index contributed by atoms with van der Waals surface area (Å²) in [5, 5.41) is 5.67. The average Bonchev–Trinajstić information content (AvgIpc) is 2.79. The second kappa shape index (κ2) is 11.6. The molecule has 2 N–H and O–H groups in total. The Morgan fingerprint density at radius 2 is 1.97 bits per heavy atom. The molecule has 1 amide bonds. The third-order valence-corrected chi connectivity index (χ3v) is 4.87. The fourth-order valence-corrected chi connectivity index (χ4v) is 3.11. The van der Waals surface area contributed by atoms with Crippen LogP contribution >= 0.6 is 0 Å². The van der Waals surface area contributed by atoms with Crippen molar-refractivity contribution >= 4 is 23.2 Å². The van der Waals surface area contributed by atoms with Gasteiger partial charge in [-0.25, -0.2) is 19.9 Å². The first-order valence-electron chi connectivity index (χ1n) is 11.2. The smallest absolute Gasteiger partial charge is 0.303 e. The number of nitrogens with one attached hydrogen (secondary N) is 2. The van der Waals surface area contributed by atoms with E-state index < -0.39 is 17.7 Å². The van der Waals surface area contributed by atoms with Crippen LogP contribution in [0.3, 0.4) is 0 Å². The second-order valence-electron chi connectivity index (χ2n) is 8.00. The Morgan fingerprint density at radius 1 is 1.17 bits per heavy atom. The minimum Gasteiger partial charge on any atom is -0.489 e. The number of nitrogens with zero attached hydrogens (tertiary/aromatic N) is 4. The molecule has 3 heterocycles. The highest BCUT2D eigenvalue weighted by Crippen LogP contribution is 2.31. The van der Waals surface area contributed by atoms with E-state index in [0.717, 1.165) is 12.8 Å². The number of ether oxygens (including phenoxy) is 1. The van der Waals surface area contributed by atoms with Gasteiger partial charge >= 0.3 is 5.92 Å². The van der Waals surface area contributed by atoms with Gasteiger partial charge in [0.15, 0.2) is 5.75 Å². The van der Waals surface area contributed by atoms with Crippen molar-refractivity contribution < 1.29 is 22.7 Å². The average molecular weight is 489 g/mol. The van der Waals surface area contributed by atoms with Gasteiger partial charge in [-0.3, -0.25) is 4.79 Å². The summed E-state index contributed by atoms with van der Waals surface area (Å²) in [6.45, 7) is 4.37. The molecule has 3 aromatic heterocycles. The number of carbonyl (C=O) groups excluding carboxylic acids is 1. The van der Waals surface area contributed by atoms with E-state index in [1.54, 1.807) is 19.1 Å². The zero-order valence-electron chi connectivity index (χ0n) is 19.7. The molecule has 0 saturated carbocycles. The zero-order chi connectivity index (χ0) is 25.4. The first kappa shape index (κ1) is 25.9. The lowest BCUT2D eigenvalue weighted by Crippen LogP contribution is -2.15.